The summed E-state index contributed by atoms with van der Waals surface area (Å²) in [5, 5.41) is 2.67. The number of carbonyl (C=O) groups excluding carboxylic acids is 1. The molecule has 0 aliphatic rings. The highest BCUT2D eigenvalue weighted by Crippen LogP contribution is 2.14. The van der Waals surface area contributed by atoms with Crippen molar-refractivity contribution < 1.29 is 13.2 Å². The number of nitrogens with two attached hydrogens (primary N) is 1. The molecule has 0 spiro atoms. The largest absolute Gasteiger partial charge is 0.330 e. The van der Waals surface area contributed by atoms with Gasteiger partial charge in [-0.1, -0.05) is 13.8 Å². The Morgan fingerprint density at radius 1 is 1.32 bits per heavy atom. The fraction of sp³-hybridized carbons (Fsp3) is 0.417. The zero-order valence-electron chi connectivity index (χ0n) is 11.0. The number of amides is 1. The van der Waals surface area contributed by atoms with E-state index in [9.17, 15) is 13.2 Å². The van der Waals surface area contributed by atoms with Crippen molar-refractivity contribution in [2.24, 2.45) is 11.7 Å². The van der Waals surface area contributed by atoms with Crippen molar-refractivity contribution in [2.75, 3.05) is 18.4 Å². The molecule has 0 radical (unpaired) electrons. The summed E-state index contributed by atoms with van der Waals surface area (Å²) in [4.78, 5) is 11.8. The first-order valence-electron chi connectivity index (χ1n) is 6.01. The Morgan fingerprint density at radius 3 is 2.37 bits per heavy atom. The molecule has 1 aromatic rings. The average molecular weight is 285 g/mol. The SMILES string of the molecule is CCNS(=O)(=O)c1ccc(NC(=O)C(C)CN)cc1. The maximum Gasteiger partial charge on any atom is 0.240 e. The maximum absolute atomic E-state index is 11.7. The summed E-state index contributed by atoms with van der Waals surface area (Å²) in [5.74, 6) is -0.477. The van der Waals surface area contributed by atoms with Gasteiger partial charge in [0, 0.05) is 24.7 Å². The zero-order valence-corrected chi connectivity index (χ0v) is 11.8. The fourth-order valence-corrected chi connectivity index (χ4v) is 2.40. The van der Waals surface area contributed by atoms with Gasteiger partial charge in [0.15, 0.2) is 0 Å². The average Bonchev–Trinajstić information content (AvgIpc) is 2.38. The smallest absolute Gasteiger partial charge is 0.240 e. The molecule has 0 saturated carbocycles. The van der Waals surface area contributed by atoms with E-state index in [2.05, 4.69) is 10.0 Å². The van der Waals surface area contributed by atoms with Gasteiger partial charge < -0.3 is 11.1 Å². The number of carbonyl (C=O) groups is 1. The zero-order chi connectivity index (χ0) is 14.5. The Kier molecular flexibility index (Phi) is 5.46. The first-order chi connectivity index (χ1) is 8.90. The lowest BCUT2D eigenvalue weighted by atomic mass is 10.1. The Hall–Kier alpha value is -1.44. The lowest BCUT2D eigenvalue weighted by molar-refractivity contribution is -0.119. The van der Waals surface area contributed by atoms with Crippen LogP contribution in [-0.4, -0.2) is 27.4 Å². The normalized spacial score (nSPS) is 13.0. The molecule has 7 heteroatoms. The minimum Gasteiger partial charge on any atom is -0.330 e. The van der Waals surface area contributed by atoms with Gasteiger partial charge in [-0.15, -0.1) is 0 Å². The van der Waals surface area contributed by atoms with Crippen LogP contribution in [-0.2, 0) is 14.8 Å². The van der Waals surface area contributed by atoms with Crippen molar-refractivity contribution >= 4 is 21.6 Å². The molecule has 6 nitrogen and oxygen atoms in total. The summed E-state index contributed by atoms with van der Waals surface area (Å²) in [6.07, 6.45) is 0. The second-order valence-corrected chi connectivity index (χ2v) is 5.92. The van der Waals surface area contributed by atoms with Gasteiger partial charge in [0.1, 0.15) is 0 Å². The fourth-order valence-electron chi connectivity index (χ4n) is 1.36. The van der Waals surface area contributed by atoms with Crippen molar-refractivity contribution in [3.8, 4) is 0 Å². The number of hydrogen-bond donors (Lipinski definition) is 3. The van der Waals surface area contributed by atoms with Crippen LogP contribution in [0, 0.1) is 5.92 Å². The highest BCUT2D eigenvalue weighted by molar-refractivity contribution is 7.89. The van der Waals surface area contributed by atoms with Gasteiger partial charge in [-0.3, -0.25) is 4.79 Å². The molecular weight excluding hydrogens is 266 g/mol. The summed E-state index contributed by atoms with van der Waals surface area (Å²) in [6.45, 7) is 4.02. The number of sulfonamides is 1. The van der Waals surface area contributed by atoms with E-state index in [4.69, 9.17) is 5.73 Å². The Bertz CT molecular complexity index is 526. The number of nitrogens with one attached hydrogen (secondary N) is 2. The molecule has 19 heavy (non-hydrogen) atoms. The highest BCUT2D eigenvalue weighted by atomic mass is 32.2. The van der Waals surface area contributed by atoms with Crippen LogP contribution in [0.25, 0.3) is 0 Å². The Balaban J connectivity index is 2.80. The quantitative estimate of drug-likeness (QED) is 0.709. The summed E-state index contributed by atoms with van der Waals surface area (Å²) >= 11 is 0. The minimum atomic E-state index is -3.46. The van der Waals surface area contributed by atoms with Crippen LogP contribution in [0.4, 0.5) is 5.69 Å². The molecule has 1 aromatic carbocycles. The van der Waals surface area contributed by atoms with Crippen LogP contribution in [0.2, 0.25) is 0 Å². The molecule has 4 N–H and O–H groups in total. The van der Waals surface area contributed by atoms with Gasteiger partial charge in [0.05, 0.1) is 4.90 Å². The van der Waals surface area contributed by atoms with Crippen LogP contribution in [0.5, 0.6) is 0 Å². The second-order valence-electron chi connectivity index (χ2n) is 4.15. The predicted octanol–water partition coefficient (Wildman–Crippen LogP) is 0.518. The Labute approximate surface area is 113 Å². The molecule has 0 aromatic heterocycles. The summed E-state index contributed by atoms with van der Waals surface area (Å²) < 4.78 is 25.8. The number of anilines is 1. The van der Waals surface area contributed by atoms with E-state index in [-0.39, 0.29) is 23.3 Å². The van der Waals surface area contributed by atoms with Crippen molar-refractivity contribution in [1.29, 1.82) is 0 Å². The molecule has 1 unspecified atom stereocenters. The minimum absolute atomic E-state index is 0.166. The topological polar surface area (TPSA) is 101 Å². The van der Waals surface area contributed by atoms with E-state index < -0.39 is 10.0 Å². The third-order valence-electron chi connectivity index (χ3n) is 2.57. The lowest BCUT2D eigenvalue weighted by Gasteiger charge is -2.10. The molecule has 0 bridgehead atoms. The standard InChI is InChI=1S/C12H19N3O3S/c1-3-14-19(17,18)11-6-4-10(5-7-11)15-12(16)9(2)8-13/h4-7,9,14H,3,8,13H2,1-2H3,(H,15,16). The van der Waals surface area contributed by atoms with Crippen LogP contribution in [0.3, 0.4) is 0 Å². The van der Waals surface area contributed by atoms with E-state index in [1.807, 2.05) is 0 Å². The van der Waals surface area contributed by atoms with Crippen molar-refractivity contribution in [3.63, 3.8) is 0 Å². The first kappa shape index (κ1) is 15.6. The molecule has 0 aliphatic heterocycles. The third kappa shape index (κ3) is 4.30. The van der Waals surface area contributed by atoms with Gasteiger partial charge >= 0.3 is 0 Å². The molecular formula is C12H19N3O3S. The monoisotopic (exact) mass is 285 g/mol. The first-order valence-corrected chi connectivity index (χ1v) is 7.49. The van der Waals surface area contributed by atoms with Crippen molar-refractivity contribution in [1.82, 2.24) is 4.72 Å². The summed E-state index contributed by atoms with van der Waals surface area (Å²) in [5.41, 5.74) is 5.94. The van der Waals surface area contributed by atoms with E-state index >= 15 is 0 Å². The van der Waals surface area contributed by atoms with Crippen LogP contribution >= 0.6 is 0 Å². The molecule has 106 valence electrons. The molecule has 0 fully saturated rings. The maximum atomic E-state index is 11.7. The van der Waals surface area contributed by atoms with Gasteiger partial charge in [-0.05, 0) is 24.3 Å². The Morgan fingerprint density at radius 2 is 1.89 bits per heavy atom. The van der Waals surface area contributed by atoms with Crippen LogP contribution < -0.4 is 15.8 Å². The molecule has 0 saturated heterocycles. The van der Waals surface area contributed by atoms with Crippen molar-refractivity contribution in [3.05, 3.63) is 24.3 Å². The molecule has 0 aliphatic carbocycles. The van der Waals surface area contributed by atoms with Crippen LogP contribution in [0.15, 0.2) is 29.2 Å². The summed E-state index contributed by atoms with van der Waals surface area (Å²) in [6, 6.07) is 5.98. The molecule has 1 rings (SSSR count). The third-order valence-corrected chi connectivity index (χ3v) is 4.13. The van der Waals surface area contributed by atoms with Crippen molar-refractivity contribution in [2.45, 2.75) is 18.7 Å². The molecule has 0 heterocycles. The molecule has 1 amide bonds. The van der Waals surface area contributed by atoms with Crippen LogP contribution in [0.1, 0.15) is 13.8 Å². The van der Waals surface area contributed by atoms with E-state index in [1.165, 1.54) is 12.1 Å². The number of rotatable bonds is 6. The summed E-state index contributed by atoms with van der Waals surface area (Å²) in [7, 11) is -3.46. The van der Waals surface area contributed by atoms with E-state index in [0.29, 0.717) is 12.2 Å². The number of hydrogen-bond acceptors (Lipinski definition) is 4. The highest BCUT2D eigenvalue weighted by Gasteiger charge is 2.14. The van der Waals surface area contributed by atoms with Gasteiger partial charge in [-0.2, -0.15) is 0 Å². The van der Waals surface area contributed by atoms with E-state index in [0.717, 1.165) is 0 Å². The van der Waals surface area contributed by atoms with Gasteiger partial charge in [0.2, 0.25) is 15.9 Å². The van der Waals surface area contributed by atoms with Gasteiger partial charge in [0.25, 0.3) is 0 Å². The number of benzene rings is 1. The van der Waals surface area contributed by atoms with Gasteiger partial charge in [-0.25, -0.2) is 13.1 Å². The predicted molar refractivity (Wildman–Crippen MR) is 74.2 cm³/mol. The van der Waals surface area contributed by atoms with E-state index in [1.54, 1.807) is 26.0 Å². The lowest BCUT2D eigenvalue weighted by Crippen LogP contribution is -2.26. The second kappa shape index (κ2) is 6.65. The molecule has 1 atom stereocenters.